The van der Waals surface area contributed by atoms with Crippen LogP contribution in [0, 0.1) is 0 Å². The Morgan fingerprint density at radius 3 is 2.68 bits per heavy atom. The number of aromatic nitrogens is 2. The molecule has 2 aromatic heterocycles. The zero-order valence-corrected chi connectivity index (χ0v) is 15.9. The van der Waals surface area contributed by atoms with Crippen LogP contribution in [-0.4, -0.2) is 40.2 Å². The molecule has 28 heavy (non-hydrogen) atoms. The van der Waals surface area contributed by atoms with Gasteiger partial charge in [-0.05, 0) is 55.0 Å². The van der Waals surface area contributed by atoms with Crippen LogP contribution >= 0.6 is 0 Å². The van der Waals surface area contributed by atoms with Crippen LogP contribution in [0.5, 0.6) is 5.75 Å². The van der Waals surface area contributed by atoms with Crippen molar-refractivity contribution < 1.29 is 14.6 Å². The molecule has 0 aliphatic heterocycles. The molecular weight excluding hydrogens is 354 g/mol. The Morgan fingerprint density at radius 1 is 1.21 bits per heavy atom. The molecule has 6 nitrogen and oxygen atoms in total. The molecule has 0 unspecified atom stereocenters. The first-order valence-corrected chi connectivity index (χ1v) is 9.70. The highest BCUT2D eigenvalue weighted by Crippen LogP contribution is 2.26. The number of hydrogen-bond acceptors (Lipinski definition) is 4. The Morgan fingerprint density at radius 2 is 1.96 bits per heavy atom. The maximum atomic E-state index is 12.5. The molecule has 4 rings (SSSR count). The number of aliphatic hydroxyl groups excluding tert-OH is 1. The third-order valence-electron chi connectivity index (χ3n) is 5.45. The van der Waals surface area contributed by atoms with Gasteiger partial charge in [0.1, 0.15) is 11.4 Å². The zero-order chi connectivity index (χ0) is 19.5. The van der Waals surface area contributed by atoms with Gasteiger partial charge in [0.2, 0.25) is 5.91 Å². The Kier molecular flexibility index (Phi) is 5.30. The number of carbonyl (C=O) groups excluding carboxylic acids is 1. The molecule has 6 heteroatoms. The van der Waals surface area contributed by atoms with Crippen LogP contribution in [0.15, 0.2) is 42.7 Å². The van der Waals surface area contributed by atoms with Gasteiger partial charge in [0.15, 0.2) is 0 Å². The molecule has 0 radical (unpaired) electrons. The SMILES string of the molecule is COc1ccc(-c2cnc3[nH]cc(CC(=O)NC4CCC(O)CC4)c3c2)cc1. The Bertz CT molecular complexity index is 957. The van der Waals surface area contributed by atoms with Gasteiger partial charge < -0.3 is 20.1 Å². The fourth-order valence-corrected chi connectivity index (χ4v) is 3.82. The van der Waals surface area contributed by atoms with Crippen LogP contribution in [-0.2, 0) is 11.2 Å². The topological polar surface area (TPSA) is 87.2 Å². The van der Waals surface area contributed by atoms with Crippen molar-refractivity contribution >= 4 is 16.9 Å². The maximum Gasteiger partial charge on any atom is 0.224 e. The summed E-state index contributed by atoms with van der Waals surface area (Å²) in [4.78, 5) is 20.2. The van der Waals surface area contributed by atoms with Gasteiger partial charge in [0, 0.05) is 29.4 Å². The molecule has 2 heterocycles. The maximum absolute atomic E-state index is 12.5. The second-order valence-electron chi connectivity index (χ2n) is 7.41. The number of nitrogens with zero attached hydrogens (tertiary/aromatic N) is 1. The lowest BCUT2D eigenvalue weighted by Crippen LogP contribution is -2.39. The number of hydrogen-bond donors (Lipinski definition) is 3. The van der Waals surface area contributed by atoms with Crippen molar-refractivity contribution in [2.45, 2.75) is 44.2 Å². The molecule has 1 fully saturated rings. The molecule has 0 saturated heterocycles. The predicted molar refractivity (Wildman–Crippen MR) is 108 cm³/mol. The minimum atomic E-state index is -0.218. The normalized spacial score (nSPS) is 19.5. The van der Waals surface area contributed by atoms with E-state index in [0.29, 0.717) is 6.42 Å². The van der Waals surface area contributed by atoms with Gasteiger partial charge in [0.25, 0.3) is 0 Å². The number of ether oxygens (including phenoxy) is 1. The van der Waals surface area contributed by atoms with Crippen molar-refractivity contribution in [1.82, 2.24) is 15.3 Å². The standard InChI is InChI=1S/C22H25N3O3/c1-28-19-8-2-14(3-9-19)15-10-20-16(13-24-22(20)23-12-15)11-21(27)25-17-4-6-18(26)7-5-17/h2-3,8-10,12-13,17-18,26H,4-7,11H2,1H3,(H,23,24)(H,25,27). The van der Waals surface area contributed by atoms with Crippen molar-refractivity contribution in [2.24, 2.45) is 0 Å². The van der Waals surface area contributed by atoms with Crippen molar-refractivity contribution in [2.75, 3.05) is 7.11 Å². The molecule has 0 bridgehead atoms. The van der Waals surface area contributed by atoms with Crippen molar-refractivity contribution in [1.29, 1.82) is 0 Å². The van der Waals surface area contributed by atoms with E-state index in [-0.39, 0.29) is 18.1 Å². The monoisotopic (exact) mass is 379 g/mol. The van der Waals surface area contributed by atoms with Gasteiger partial charge in [-0.15, -0.1) is 0 Å². The smallest absolute Gasteiger partial charge is 0.224 e. The first kappa shape index (κ1) is 18.5. The number of nitrogens with one attached hydrogen (secondary N) is 2. The summed E-state index contributed by atoms with van der Waals surface area (Å²) in [6, 6.07) is 10.1. The van der Waals surface area contributed by atoms with Gasteiger partial charge in [-0.2, -0.15) is 0 Å². The second kappa shape index (κ2) is 8.02. The summed E-state index contributed by atoms with van der Waals surface area (Å²) in [5, 5.41) is 13.7. The number of H-pyrrole nitrogens is 1. The molecule has 1 aliphatic rings. The summed E-state index contributed by atoms with van der Waals surface area (Å²) in [5.41, 5.74) is 3.76. The van der Waals surface area contributed by atoms with Crippen molar-refractivity contribution in [3.63, 3.8) is 0 Å². The van der Waals surface area contributed by atoms with Crippen LogP contribution in [0.4, 0.5) is 0 Å². The zero-order valence-electron chi connectivity index (χ0n) is 15.9. The lowest BCUT2D eigenvalue weighted by atomic mass is 9.93. The Balaban J connectivity index is 1.50. The summed E-state index contributed by atoms with van der Waals surface area (Å²) >= 11 is 0. The third kappa shape index (κ3) is 4.02. The summed E-state index contributed by atoms with van der Waals surface area (Å²) in [6.45, 7) is 0. The molecule has 0 atom stereocenters. The molecule has 3 aromatic rings. The van der Waals surface area contributed by atoms with Crippen molar-refractivity contribution in [3.8, 4) is 16.9 Å². The fourth-order valence-electron chi connectivity index (χ4n) is 3.82. The molecule has 1 aliphatic carbocycles. The number of benzene rings is 1. The van der Waals surface area contributed by atoms with Gasteiger partial charge in [-0.1, -0.05) is 12.1 Å². The highest BCUT2D eigenvalue weighted by molar-refractivity contribution is 5.89. The van der Waals surface area contributed by atoms with E-state index in [9.17, 15) is 9.90 Å². The average molecular weight is 379 g/mol. The van der Waals surface area contributed by atoms with Crippen LogP contribution in [0.1, 0.15) is 31.2 Å². The number of amides is 1. The summed E-state index contributed by atoms with van der Waals surface area (Å²) in [6.07, 6.45) is 6.97. The largest absolute Gasteiger partial charge is 0.497 e. The second-order valence-corrected chi connectivity index (χ2v) is 7.41. The number of pyridine rings is 1. The molecule has 1 amide bonds. The van der Waals surface area contributed by atoms with E-state index in [0.717, 1.165) is 59.2 Å². The number of rotatable bonds is 5. The molecule has 1 aromatic carbocycles. The fraction of sp³-hybridized carbons (Fsp3) is 0.364. The van der Waals surface area contributed by atoms with Crippen LogP contribution in [0.3, 0.4) is 0 Å². The van der Waals surface area contributed by atoms with Crippen LogP contribution in [0.25, 0.3) is 22.2 Å². The van der Waals surface area contributed by atoms with E-state index in [1.54, 1.807) is 7.11 Å². The quantitative estimate of drug-likeness (QED) is 0.635. The Labute approximate surface area is 163 Å². The molecular formula is C22H25N3O3. The third-order valence-corrected chi connectivity index (χ3v) is 5.45. The van der Waals surface area contributed by atoms with E-state index in [2.05, 4.69) is 21.4 Å². The van der Waals surface area contributed by atoms with E-state index in [1.165, 1.54) is 0 Å². The average Bonchev–Trinajstić information content (AvgIpc) is 3.11. The minimum Gasteiger partial charge on any atom is -0.497 e. The van der Waals surface area contributed by atoms with Crippen molar-refractivity contribution in [3.05, 3.63) is 48.3 Å². The van der Waals surface area contributed by atoms with Gasteiger partial charge in [0.05, 0.1) is 19.6 Å². The molecule has 146 valence electrons. The predicted octanol–water partition coefficient (Wildman–Crippen LogP) is 3.20. The van der Waals surface area contributed by atoms with Gasteiger partial charge in [-0.25, -0.2) is 4.98 Å². The van der Waals surface area contributed by atoms with Crippen LogP contribution < -0.4 is 10.1 Å². The molecule has 3 N–H and O–H groups in total. The number of aliphatic hydroxyl groups is 1. The number of fused-ring (bicyclic) bond motifs is 1. The highest BCUT2D eigenvalue weighted by Gasteiger charge is 2.21. The highest BCUT2D eigenvalue weighted by atomic mass is 16.5. The van der Waals surface area contributed by atoms with Gasteiger partial charge in [-0.3, -0.25) is 4.79 Å². The first-order chi connectivity index (χ1) is 13.6. The number of aromatic amines is 1. The van der Waals surface area contributed by atoms with E-state index in [4.69, 9.17) is 4.74 Å². The molecule has 1 saturated carbocycles. The van der Waals surface area contributed by atoms with Gasteiger partial charge >= 0.3 is 0 Å². The summed E-state index contributed by atoms with van der Waals surface area (Å²) in [7, 11) is 1.65. The lowest BCUT2D eigenvalue weighted by Gasteiger charge is -2.26. The summed E-state index contributed by atoms with van der Waals surface area (Å²) in [5.74, 6) is 0.823. The summed E-state index contributed by atoms with van der Waals surface area (Å²) < 4.78 is 5.21. The van der Waals surface area contributed by atoms with E-state index < -0.39 is 0 Å². The molecule has 0 spiro atoms. The van der Waals surface area contributed by atoms with Crippen LogP contribution in [0.2, 0.25) is 0 Å². The minimum absolute atomic E-state index is 0.0112. The van der Waals surface area contributed by atoms with E-state index in [1.807, 2.05) is 36.7 Å². The number of carbonyl (C=O) groups is 1. The lowest BCUT2D eigenvalue weighted by molar-refractivity contribution is -0.121. The number of methoxy groups -OCH3 is 1. The van der Waals surface area contributed by atoms with E-state index >= 15 is 0 Å². The Hall–Kier alpha value is -2.86. The first-order valence-electron chi connectivity index (χ1n) is 9.70.